The molecule has 0 amide bonds. The summed E-state index contributed by atoms with van der Waals surface area (Å²) in [6, 6.07) is 7.53. The van der Waals surface area contributed by atoms with Gasteiger partial charge in [-0.3, -0.25) is 9.97 Å². The van der Waals surface area contributed by atoms with Crippen LogP contribution in [0.3, 0.4) is 0 Å². The van der Waals surface area contributed by atoms with E-state index in [9.17, 15) is 0 Å². The zero-order valence-electron chi connectivity index (χ0n) is 11.8. The Hall–Kier alpha value is -2.18. The predicted octanol–water partition coefficient (Wildman–Crippen LogP) is 2.41. The van der Waals surface area contributed by atoms with Gasteiger partial charge < -0.3 is 9.57 Å². The highest BCUT2D eigenvalue weighted by atomic mass is 35.5. The summed E-state index contributed by atoms with van der Waals surface area (Å²) in [6.07, 6.45) is 5.80. The lowest BCUT2D eigenvalue weighted by atomic mass is 10.1. The number of ether oxygens (including phenoxy) is 1. The second kappa shape index (κ2) is 7.20. The van der Waals surface area contributed by atoms with E-state index in [1.54, 1.807) is 18.6 Å². The largest absolute Gasteiger partial charge is 0.487 e. The van der Waals surface area contributed by atoms with Gasteiger partial charge in [-0.05, 0) is 36.0 Å². The number of pyridine rings is 2. The molecule has 2 aromatic heterocycles. The van der Waals surface area contributed by atoms with Gasteiger partial charge in [-0.15, -0.1) is 0 Å². The van der Waals surface area contributed by atoms with Crippen LogP contribution in [0.1, 0.15) is 6.42 Å². The molecule has 0 bridgehead atoms. The van der Waals surface area contributed by atoms with E-state index in [0.29, 0.717) is 25.3 Å². The van der Waals surface area contributed by atoms with E-state index in [4.69, 9.17) is 21.4 Å². The molecule has 22 heavy (non-hydrogen) atoms. The summed E-state index contributed by atoms with van der Waals surface area (Å²) in [7, 11) is 0. The van der Waals surface area contributed by atoms with Crippen LogP contribution in [-0.2, 0) is 4.84 Å². The van der Waals surface area contributed by atoms with E-state index in [1.165, 1.54) is 0 Å². The summed E-state index contributed by atoms with van der Waals surface area (Å²) in [5.41, 5.74) is 2.55. The van der Waals surface area contributed by atoms with Crippen LogP contribution in [0, 0.1) is 0 Å². The van der Waals surface area contributed by atoms with Crippen molar-refractivity contribution in [1.82, 2.24) is 14.8 Å². The molecule has 0 saturated carbocycles. The first-order chi connectivity index (χ1) is 10.9. The Balaban J connectivity index is 1.65. The van der Waals surface area contributed by atoms with Crippen molar-refractivity contribution < 1.29 is 9.57 Å². The van der Waals surface area contributed by atoms with Crippen molar-refractivity contribution >= 4 is 17.5 Å². The molecule has 0 fully saturated rings. The minimum atomic E-state index is -0.109. The van der Waals surface area contributed by atoms with E-state index in [2.05, 4.69) is 20.0 Å². The van der Waals surface area contributed by atoms with Gasteiger partial charge in [-0.1, -0.05) is 5.16 Å². The highest BCUT2D eigenvalue weighted by Gasteiger charge is 2.22. The van der Waals surface area contributed by atoms with Crippen molar-refractivity contribution in [3.05, 3.63) is 42.9 Å². The van der Waals surface area contributed by atoms with Gasteiger partial charge in [-0.25, -0.2) is 4.84 Å². The number of hydrogen-bond acceptors (Lipinski definition) is 6. The molecule has 1 unspecified atom stereocenters. The van der Waals surface area contributed by atoms with Crippen LogP contribution in [0.25, 0.3) is 11.3 Å². The third-order valence-electron chi connectivity index (χ3n) is 3.20. The van der Waals surface area contributed by atoms with Gasteiger partial charge in [0.25, 0.3) is 0 Å². The molecule has 0 spiro atoms. The van der Waals surface area contributed by atoms with Crippen LogP contribution >= 0.6 is 11.8 Å². The molecule has 1 aliphatic heterocycles. The minimum Gasteiger partial charge on any atom is -0.487 e. The second-order valence-electron chi connectivity index (χ2n) is 4.80. The molecule has 114 valence electrons. The maximum Gasteiger partial charge on any atom is 0.166 e. The van der Waals surface area contributed by atoms with Gasteiger partial charge in [0, 0.05) is 30.6 Å². The van der Waals surface area contributed by atoms with Gasteiger partial charge in [0.1, 0.15) is 18.1 Å². The molecule has 2 aromatic rings. The molecule has 1 N–H and O–H groups in total. The highest BCUT2D eigenvalue weighted by Crippen LogP contribution is 2.27. The summed E-state index contributed by atoms with van der Waals surface area (Å²) in [5, 5.41) is 3.96. The first-order valence-electron chi connectivity index (χ1n) is 6.90. The van der Waals surface area contributed by atoms with Crippen LogP contribution in [0.4, 0.5) is 0 Å². The number of rotatable bonds is 6. The Morgan fingerprint density at radius 3 is 3.05 bits per heavy atom. The van der Waals surface area contributed by atoms with E-state index in [-0.39, 0.29) is 6.10 Å². The van der Waals surface area contributed by atoms with Gasteiger partial charge in [0.05, 0.1) is 12.3 Å². The maximum atomic E-state index is 5.86. The molecule has 3 heterocycles. The normalized spacial score (nSPS) is 17.0. The van der Waals surface area contributed by atoms with Gasteiger partial charge >= 0.3 is 0 Å². The van der Waals surface area contributed by atoms with Gasteiger partial charge in [0.2, 0.25) is 0 Å². The molecule has 3 rings (SSSR count). The lowest BCUT2D eigenvalue weighted by molar-refractivity contribution is 0.0471. The van der Waals surface area contributed by atoms with Crippen molar-refractivity contribution in [3.8, 4) is 17.0 Å². The first-order valence-corrected chi connectivity index (χ1v) is 7.28. The number of nitrogens with zero attached hydrogens (tertiary/aromatic N) is 3. The third-order valence-corrected chi connectivity index (χ3v) is 3.33. The summed E-state index contributed by atoms with van der Waals surface area (Å²) in [5.74, 6) is 0.697. The minimum absolute atomic E-state index is 0.109. The third kappa shape index (κ3) is 3.52. The average molecular weight is 319 g/mol. The summed E-state index contributed by atoms with van der Waals surface area (Å²) >= 11 is 5.46. The van der Waals surface area contributed by atoms with Crippen LogP contribution in [0.2, 0.25) is 0 Å². The molecule has 0 radical (unpaired) electrons. The molecule has 0 aliphatic carbocycles. The quantitative estimate of drug-likeness (QED) is 0.828. The van der Waals surface area contributed by atoms with Crippen molar-refractivity contribution in [3.63, 3.8) is 0 Å². The molecule has 1 atom stereocenters. The van der Waals surface area contributed by atoms with Crippen molar-refractivity contribution in [1.29, 1.82) is 0 Å². The molecular weight excluding hydrogens is 304 g/mol. The SMILES string of the molecule is ClNCC1=NOC(COc2cccnc2-c2cccnc2)C1. The average Bonchev–Trinajstić information content (AvgIpc) is 3.02. The fourth-order valence-electron chi connectivity index (χ4n) is 2.17. The number of hydrogen-bond donors (Lipinski definition) is 1. The van der Waals surface area contributed by atoms with Crippen molar-refractivity contribution in [2.24, 2.45) is 5.16 Å². The standard InChI is InChI=1S/C15H15ClN4O2/c16-19-9-12-7-13(22-20-12)10-21-14-4-2-6-18-15(14)11-3-1-5-17-8-11/h1-6,8,13,19H,7,9-10H2. The van der Waals surface area contributed by atoms with Crippen molar-refractivity contribution in [2.75, 3.05) is 13.2 Å². The Morgan fingerprint density at radius 2 is 2.23 bits per heavy atom. The Labute approximate surface area is 133 Å². The fraction of sp³-hybridized carbons (Fsp3) is 0.267. The highest BCUT2D eigenvalue weighted by molar-refractivity contribution is 6.14. The molecule has 0 saturated heterocycles. The summed E-state index contributed by atoms with van der Waals surface area (Å²) in [4.78, 5) is 16.3. The summed E-state index contributed by atoms with van der Waals surface area (Å²) < 4.78 is 5.86. The maximum absolute atomic E-state index is 5.86. The monoisotopic (exact) mass is 318 g/mol. The Morgan fingerprint density at radius 1 is 1.32 bits per heavy atom. The number of halogens is 1. The lowest BCUT2D eigenvalue weighted by Gasteiger charge is -2.13. The lowest BCUT2D eigenvalue weighted by Crippen LogP contribution is -2.21. The first kappa shape index (κ1) is 14.7. The molecule has 1 aliphatic rings. The number of aromatic nitrogens is 2. The second-order valence-corrected chi connectivity index (χ2v) is 5.07. The molecular formula is C15H15ClN4O2. The summed E-state index contributed by atoms with van der Waals surface area (Å²) in [6.45, 7) is 0.903. The van der Waals surface area contributed by atoms with E-state index >= 15 is 0 Å². The Bertz CT molecular complexity index is 651. The molecule has 0 aromatic carbocycles. The zero-order chi connectivity index (χ0) is 15.2. The number of oxime groups is 1. The number of nitrogens with one attached hydrogen (secondary N) is 1. The predicted molar refractivity (Wildman–Crippen MR) is 83.7 cm³/mol. The van der Waals surface area contributed by atoms with E-state index in [1.807, 2.05) is 24.3 Å². The smallest absolute Gasteiger partial charge is 0.166 e. The zero-order valence-corrected chi connectivity index (χ0v) is 12.5. The van der Waals surface area contributed by atoms with Crippen molar-refractivity contribution in [2.45, 2.75) is 12.5 Å². The van der Waals surface area contributed by atoms with E-state index in [0.717, 1.165) is 17.0 Å². The fourth-order valence-corrected chi connectivity index (χ4v) is 2.32. The topological polar surface area (TPSA) is 68.6 Å². The van der Waals surface area contributed by atoms with Crippen LogP contribution < -0.4 is 9.57 Å². The Kier molecular flexibility index (Phi) is 4.82. The van der Waals surface area contributed by atoms with Crippen LogP contribution in [0.15, 0.2) is 48.0 Å². The molecule has 7 heteroatoms. The van der Waals surface area contributed by atoms with Crippen LogP contribution in [-0.4, -0.2) is 34.9 Å². The van der Waals surface area contributed by atoms with E-state index < -0.39 is 0 Å². The van der Waals surface area contributed by atoms with Gasteiger partial charge in [0.15, 0.2) is 6.10 Å². The van der Waals surface area contributed by atoms with Gasteiger partial charge in [-0.2, -0.15) is 0 Å². The molecule has 6 nitrogen and oxygen atoms in total. The van der Waals surface area contributed by atoms with Crippen LogP contribution in [0.5, 0.6) is 5.75 Å².